The number of benzene rings is 1. The number of piperidine rings is 1. The van der Waals surface area contributed by atoms with Crippen molar-refractivity contribution in [3.8, 4) is 5.69 Å². The van der Waals surface area contributed by atoms with E-state index < -0.39 is 0 Å². The number of rotatable bonds is 3. The van der Waals surface area contributed by atoms with E-state index in [1.165, 1.54) is 30.5 Å². The first-order chi connectivity index (χ1) is 12.7. The largest absolute Gasteiger partial charge is 0.378 e. The molecule has 0 N–H and O–H groups in total. The summed E-state index contributed by atoms with van der Waals surface area (Å²) in [7, 11) is 1.93. The lowest BCUT2D eigenvalue weighted by molar-refractivity contribution is -0.0773. The van der Waals surface area contributed by atoms with E-state index in [9.17, 15) is 0 Å². The van der Waals surface area contributed by atoms with Crippen LogP contribution in [-0.4, -0.2) is 56.8 Å². The maximum absolute atomic E-state index is 5.37. The molecule has 6 nitrogen and oxygen atoms in total. The van der Waals surface area contributed by atoms with Crippen molar-refractivity contribution >= 4 is 10.9 Å². The summed E-state index contributed by atoms with van der Waals surface area (Å²) in [5.41, 5.74) is 3.60. The van der Waals surface area contributed by atoms with Gasteiger partial charge in [0.25, 0.3) is 0 Å². The number of aryl methyl sites for hydroxylation is 1. The van der Waals surface area contributed by atoms with Crippen LogP contribution in [0.1, 0.15) is 24.8 Å². The van der Waals surface area contributed by atoms with Crippen molar-refractivity contribution in [1.82, 2.24) is 24.5 Å². The van der Waals surface area contributed by atoms with Crippen LogP contribution in [0, 0.1) is 5.92 Å². The quantitative estimate of drug-likeness (QED) is 0.728. The van der Waals surface area contributed by atoms with Gasteiger partial charge in [-0.25, -0.2) is 4.68 Å². The van der Waals surface area contributed by atoms with Crippen LogP contribution in [0.3, 0.4) is 0 Å². The molecule has 0 spiro atoms. The Morgan fingerprint density at radius 3 is 2.73 bits per heavy atom. The first-order valence-electron chi connectivity index (χ1n) is 9.47. The SMILES string of the molecule is C[C@@H]1CN(C2COC2)CC[C@H]1c1ccc2cnn(-c3cnn(C)c3)c2c1. The van der Waals surface area contributed by atoms with Gasteiger partial charge in [0.15, 0.2) is 0 Å². The topological polar surface area (TPSA) is 48.1 Å². The first kappa shape index (κ1) is 16.0. The molecule has 1 aromatic carbocycles. The Hall–Kier alpha value is -2.18. The molecule has 6 heteroatoms. The fraction of sp³-hybridized carbons (Fsp3) is 0.500. The molecule has 2 fully saturated rings. The monoisotopic (exact) mass is 351 g/mol. The molecule has 26 heavy (non-hydrogen) atoms. The van der Waals surface area contributed by atoms with Gasteiger partial charge in [-0.2, -0.15) is 10.2 Å². The van der Waals surface area contributed by atoms with E-state index in [0.717, 1.165) is 24.4 Å². The van der Waals surface area contributed by atoms with Crippen LogP contribution < -0.4 is 0 Å². The third-order valence-corrected chi connectivity index (χ3v) is 6.03. The van der Waals surface area contributed by atoms with Gasteiger partial charge in [-0.15, -0.1) is 0 Å². The van der Waals surface area contributed by atoms with Crippen molar-refractivity contribution in [3.05, 3.63) is 42.4 Å². The van der Waals surface area contributed by atoms with Crippen LogP contribution >= 0.6 is 0 Å². The van der Waals surface area contributed by atoms with E-state index in [0.29, 0.717) is 17.9 Å². The standard InChI is InChI=1S/C20H25N5O/c1-14-10-24(18-12-26-13-18)6-5-19(14)15-3-4-16-8-22-25(20(16)7-15)17-9-21-23(2)11-17/h3-4,7-9,11,14,18-19H,5-6,10,12-13H2,1-2H3/t14-,19-/m1/s1. The van der Waals surface area contributed by atoms with E-state index in [-0.39, 0.29) is 0 Å². The number of nitrogens with zero attached hydrogens (tertiary/aromatic N) is 5. The molecule has 2 aliphatic rings. The molecule has 136 valence electrons. The number of hydrogen-bond acceptors (Lipinski definition) is 4. The normalized spacial score (nSPS) is 24.8. The van der Waals surface area contributed by atoms with E-state index in [2.05, 4.69) is 40.2 Å². The van der Waals surface area contributed by atoms with Crippen LogP contribution in [0.5, 0.6) is 0 Å². The lowest BCUT2D eigenvalue weighted by Crippen LogP contribution is -2.53. The molecule has 0 amide bonds. The molecular formula is C20H25N5O. The van der Waals surface area contributed by atoms with Crippen molar-refractivity contribution in [2.24, 2.45) is 13.0 Å². The molecule has 5 rings (SSSR count). The van der Waals surface area contributed by atoms with E-state index >= 15 is 0 Å². The summed E-state index contributed by atoms with van der Waals surface area (Å²) in [6, 6.07) is 7.48. The van der Waals surface area contributed by atoms with Crippen LogP contribution in [0.2, 0.25) is 0 Å². The van der Waals surface area contributed by atoms with Crippen molar-refractivity contribution in [2.45, 2.75) is 25.3 Å². The van der Waals surface area contributed by atoms with Crippen molar-refractivity contribution in [2.75, 3.05) is 26.3 Å². The van der Waals surface area contributed by atoms with Crippen molar-refractivity contribution in [1.29, 1.82) is 0 Å². The molecule has 2 aromatic heterocycles. The fourth-order valence-electron chi connectivity index (χ4n) is 4.43. The Balaban J connectivity index is 1.44. The molecule has 0 unspecified atom stereocenters. The van der Waals surface area contributed by atoms with E-state index in [4.69, 9.17) is 4.74 Å². The highest BCUT2D eigenvalue weighted by atomic mass is 16.5. The maximum atomic E-state index is 5.37. The summed E-state index contributed by atoms with van der Waals surface area (Å²) >= 11 is 0. The highest BCUT2D eigenvalue weighted by Gasteiger charge is 2.33. The second kappa shape index (κ2) is 6.21. The Bertz CT molecular complexity index is 925. The highest BCUT2D eigenvalue weighted by molar-refractivity contribution is 5.81. The molecule has 2 saturated heterocycles. The predicted octanol–water partition coefficient (Wildman–Crippen LogP) is 2.58. The fourth-order valence-corrected chi connectivity index (χ4v) is 4.43. The number of hydrogen-bond donors (Lipinski definition) is 0. The summed E-state index contributed by atoms with van der Waals surface area (Å²) in [5, 5.41) is 10.0. The molecule has 3 aromatic rings. The average molecular weight is 351 g/mol. The minimum Gasteiger partial charge on any atom is -0.378 e. The Kier molecular flexibility index (Phi) is 3.83. The molecular weight excluding hydrogens is 326 g/mol. The number of ether oxygens (including phenoxy) is 1. The number of likely N-dealkylation sites (tertiary alicyclic amines) is 1. The minimum atomic E-state index is 0.605. The van der Waals surface area contributed by atoms with E-state index in [1.54, 1.807) is 0 Å². The van der Waals surface area contributed by atoms with Crippen LogP contribution in [0.25, 0.3) is 16.6 Å². The highest BCUT2D eigenvalue weighted by Crippen LogP contribution is 2.35. The molecule has 0 saturated carbocycles. The van der Waals surface area contributed by atoms with Gasteiger partial charge in [0.2, 0.25) is 0 Å². The van der Waals surface area contributed by atoms with Gasteiger partial charge in [0, 0.05) is 19.0 Å². The summed E-state index contributed by atoms with van der Waals surface area (Å²) in [6.07, 6.45) is 7.01. The molecule has 0 bridgehead atoms. The Morgan fingerprint density at radius 1 is 1.15 bits per heavy atom. The molecule has 0 radical (unpaired) electrons. The van der Waals surface area contributed by atoms with Crippen molar-refractivity contribution in [3.63, 3.8) is 0 Å². The van der Waals surface area contributed by atoms with Crippen LogP contribution in [0.4, 0.5) is 0 Å². The average Bonchev–Trinajstić information content (AvgIpc) is 3.18. The summed E-state index contributed by atoms with van der Waals surface area (Å²) in [5.74, 6) is 1.26. The maximum Gasteiger partial charge on any atom is 0.103 e. The minimum absolute atomic E-state index is 0.605. The zero-order valence-electron chi connectivity index (χ0n) is 15.4. The third kappa shape index (κ3) is 2.64. The number of fused-ring (bicyclic) bond motifs is 1. The Morgan fingerprint density at radius 2 is 2.04 bits per heavy atom. The van der Waals surface area contributed by atoms with Crippen LogP contribution in [0.15, 0.2) is 36.8 Å². The van der Waals surface area contributed by atoms with Gasteiger partial charge in [-0.1, -0.05) is 19.1 Å². The summed E-state index contributed by atoms with van der Waals surface area (Å²) in [4.78, 5) is 2.61. The van der Waals surface area contributed by atoms with Crippen molar-refractivity contribution < 1.29 is 4.74 Å². The zero-order chi connectivity index (χ0) is 17.7. The smallest absolute Gasteiger partial charge is 0.103 e. The second-order valence-corrected chi connectivity index (χ2v) is 7.81. The lowest BCUT2D eigenvalue weighted by Gasteiger charge is -2.44. The van der Waals surface area contributed by atoms with Gasteiger partial charge in [0.1, 0.15) is 5.69 Å². The molecule has 2 atom stereocenters. The van der Waals surface area contributed by atoms with E-state index in [1.807, 2.05) is 35.0 Å². The molecule has 2 aliphatic heterocycles. The van der Waals surface area contributed by atoms with Crippen LogP contribution in [-0.2, 0) is 11.8 Å². The lowest BCUT2D eigenvalue weighted by atomic mass is 9.81. The molecule has 0 aliphatic carbocycles. The summed E-state index contributed by atoms with van der Waals surface area (Å²) in [6.45, 7) is 6.54. The van der Waals surface area contributed by atoms with Gasteiger partial charge in [-0.05, 0) is 36.4 Å². The third-order valence-electron chi connectivity index (χ3n) is 6.03. The van der Waals surface area contributed by atoms with Gasteiger partial charge < -0.3 is 4.74 Å². The van der Waals surface area contributed by atoms with Gasteiger partial charge in [-0.3, -0.25) is 9.58 Å². The predicted molar refractivity (Wildman–Crippen MR) is 101 cm³/mol. The first-order valence-corrected chi connectivity index (χ1v) is 9.47. The Labute approximate surface area is 153 Å². The molecule has 4 heterocycles. The van der Waals surface area contributed by atoms with Gasteiger partial charge >= 0.3 is 0 Å². The number of aromatic nitrogens is 4. The second-order valence-electron chi connectivity index (χ2n) is 7.81. The zero-order valence-corrected chi connectivity index (χ0v) is 15.4. The summed E-state index contributed by atoms with van der Waals surface area (Å²) < 4.78 is 9.18. The van der Waals surface area contributed by atoms with Gasteiger partial charge in [0.05, 0.1) is 43.4 Å².